The van der Waals surface area contributed by atoms with Crippen molar-refractivity contribution in [2.45, 2.75) is 19.5 Å². The monoisotopic (exact) mass is 368 g/mol. The minimum absolute atomic E-state index is 0.774. The topological polar surface area (TPSA) is 70.6 Å². The van der Waals surface area contributed by atoms with Crippen LogP contribution < -0.4 is 0 Å². The summed E-state index contributed by atoms with van der Waals surface area (Å²) in [6.07, 6.45) is 8.37. The van der Waals surface area contributed by atoms with Gasteiger partial charge in [0.25, 0.3) is 0 Å². The number of aromatic nitrogens is 5. The lowest BCUT2D eigenvalue weighted by atomic mass is 10.0. The molecule has 4 heterocycles. The zero-order valence-electron chi connectivity index (χ0n) is 15.4. The fraction of sp³-hybridized carbons (Fsp3) is 0.182. The van der Waals surface area contributed by atoms with Crippen molar-refractivity contribution >= 4 is 0 Å². The first-order chi connectivity index (χ1) is 13.9. The van der Waals surface area contributed by atoms with Crippen LogP contribution in [0.15, 0.2) is 67.3 Å². The Hall–Kier alpha value is -3.38. The lowest BCUT2D eigenvalue weighted by molar-refractivity contribution is 0.243. The summed E-state index contributed by atoms with van der Waals surface area (Å²) in [5.74, 6) is 0.774. The highest BCUT2D eigenvalue weighted by atomic mass is 15.2. The van der Waals surface area contributed by atoms with E-state index in [9.17, 15) is 0 Å². The maximum Gasteiger partial charge on any atom is 0.159 e. The van der Waals surface area contributed by atoms with Gasteiger partial charge >= 0.3 is 0 Å². The second-order valence-electron chi connectivity index (χ2n) is 7.00. The summed E-state index contributed by atoms with van der Waals surface area (Å²) >= 11 is 0. The Morgan fingerprint density at radius 3 is 2.68 bits per heavy atom. The van der Waals surface area contributed by atoms with E-state index in [0.29, 0.717) is 0 Å². The molecule has 0 bridgehead atoms. The average molecular weight is 368 g/mol. The normalized spacial score (nSPS) is 14.0. The van der Waals surface area contributed by atoms with Crippen LogP contribution in [0.5, 0.6) is 0 Å². The SMILES string of the molecule is c1ccc(-c2[nH]ncc2CN2CCc3nc(-c4ccncc4)ncc3C2)cc1. The van der Waals surface area contributed by atoms with Crippen molar-refractivity contribution in [2.24, 2.45) is 0 Å². The van der Waals surface area contributed by atoms with E-state index in [1.54, 1.807) is 12.4 Å². The van der Waals surface area contributed by atoms with Crippen molar-refractivity contribution in [1.82, 2.24) is 30.0 Å². The third-order valence-corrected chi connectivity index (χ3v) is 5.13. The van der Waals surface area contributed by atoms with Crippen LogP contribution in [0.1, 0.15) is 16.8 Å². The molecule has 0 saturated heterocycles. The second-order valence-corrected chi connectivity index (χ2v) is 7.00. The Morgan fingerprint density at radius 2 is 1.82 bits per heavy atom. The lowest BCUT2D eigenvalue weighted by Crippen LogP contribution is -2.31. The first-order valence-electron chi connectivity index (χ1n) is 9.42. The molecule has 4 aromatic rings. The summed E-state index contributed by atoms with van der Waals surface area (Å²) in [6.45, 7) is 2.68. The molecule has 0 amide bonds. The molecule has 0 spiro atoms. The van der Waals surface area contributed by atoms with Gasteiger partial charge in [0.1, 0.15) is 0 Å². The van der Waals surface area contributed by atoms with Crippen molar-refractivity contribution in [3.63, 3.8) is 0 Å². The minimum atomic E-state index is 0.774. The standard InChI is InChI=1S/C22H20N6/c1-2-4-16(5-3-1)21-19(13-25-27-21)15-28-11-8-20-18(14-28)12-24-22(26-20)17-6-9-23-10-7-17/h1-7,9-10,12-13H,8,11,14-15H2,(H,25,27). The minimum Gasteiger partial charge on any atom is -0.294 e. The molecule has 1 aromatic carbocycles. The number of rotatable bonds is 4. The van der Waals surface area contributed by atoms with E-state index >= 15 is 0 Å². The van der Waals surface area contributed by atoms with Crippen molar-refractivity contribution < 1.29 is 0 Å². The van der Waals surface area contributed by atoms with Gasteiger partial charge < -0.3 is 0 Å². The molecule has 3 aromatic heterocycles. The Bertz CT molecular complexity index is 1070. The molecule has 0 unspecified atom stereocenters. The van der Waals surface area contributed by atoms with Gasteiger partial charge in [-0.25, -0.2) is 9.97 Å². The Labute approximate surface area is 163 Å². The Kier molecular flexibility index (Phi) is 4.39. The highest BCUT2D eigenvalue weighted by Gasteiger charge is 2.20. The van der Waals surface area contributed by atoms with Gasteiger partial charge in [0.05, 0.1) is 17.6 Å². The van der Waals surface area contributed by atoms with Gasteiger partial charge in [0.15, 0.2) is 5.82 Å². The van der Waals surface area contributed by atoms with E-state index in [1.165, 1.54) is 11.1 Å². The summed E-state index contributed by atoms with van der Waals surface area (Å²) in [7, 11) is 0. The summed E-state index contributed by atoms with van der Waals surface area (Å²) in [4.78, 5) is 15.9. The molecular weight excluding hydrogens is 348 g/mol. The predicted molar refractivity (Wildman–Crippen MR) is 107 cm³/mol. The molecule has 1 aliphatic rings. The fourth-order valence-corrected chi connectivity index (χ4v) is 3.68. The van der Waals surface area contributed by atoms with Crippen LogP contribution in [-0.2, 0) is 19.5 Å². The zero-order valence-corrected chi connectivity index (χ0v) is 15.4. The molecule has 0 aliphatic carbocycles. The van der Waals surface area contributed by atoms with Crippen molar-refractivity contribution in [3.8, 4) is 22.6 Å². The molecule has 1 N–H and O–H groups in total. The molecule has 1 aliphatic heterocycles. The molecular formula is C22H20N6. The average Bonchev–Trinajstić information content (AvgIpc) is 3.23. The van der Waals surface area contributed by atoms with Crippen LogP contribution in [0.3, 0.4) is 0 Å². The van der Waals surface area contributed by atoms with Crippen molar-refractivity contribution in [1.29, 1.82) is 0 Å². The van der Waals surface area contributed by atoms with E-state index < -0.39 is 0 Å². The van der Waals surface area contributed by atoms with Crippen LogP contribution in [0.4, 0.5) is 0 Å². The third-order valence-electron chi connectivity index (χ3n) is 5.13. The summed E-state index contributed by atoms with van der Waals surface area (Å²) < 4.78 is 0. The molecule has 5 rings (SSSR count). The van der Waals surface area contributed by atoms with E-state index in [2.05, 4.69) is 49.3 Å². The Balaban J connectivity index is 1.34. The van der Waals surface area contributed by atoms with Crippen LogP contribution in [-0.4, -0.2) is 36.6 Å². The van der Waals surface area contributed by atoms with Crippen molar-refractivity contribution in [3.05, 3.63) is 84.1 Å². The van der Waals surface area contributed by atoms with E-state index in [1.807, 2.05) is 30.6 Å². The first-order valence-corrected chi connectivity index (χ1v) is 9.42. The van der Waals surface area contributed by atoms with E-state index in [0.717, 1.165) is 54.4 Å². The van der Waals surface area contributed by atoms with E-state index in [4.69, 9.17) is 4.98 Å². The number of pyridine rings is 1. The largest absolute Gasteiger partial charge is 0.294 e. The maximum absolute atomic E-state index is 4.80. The van der Waals surface area contributed by atoms with Crippen LogP contribution >= 0.6 is 0 Å². The first kappa shape index (κ1) is 16.8. The van der Waals surface area contributed by atoms with Crippen LogP contribution in [0, 0.1) is 0 Å². The molecule has 28 heavy (non-hydrogen) atoms. The smallest absolute Gasteiger partial charge is 0.159 e. The number of hydrogen-bond acceptors (Lipinski definition) is 5. The number of nitrogens with zero attached hydrogens (tertiary/aromatic N) is 5. The second kappa shape index (κ2) is 7.32. The highest BCUT2D eigenvalue weighted by Crippen LogP contribution is 2.25. The van der Waals surface area contributed by atoms with Crippen LogP contribution in [0.25, 0.3) is 22.6 Å². The maximum atomic E-state index is 4.80. The van der Waals surface area contributed by atoms with Gasteiger partial charge in [-0.2, -0.15) is 5.10 Å². The fourth-order valence-electron chi connectivity index (χ4n) is 3.68. The molecule has 0 saturated carbocycles. The van der Waals surface area contributed by atoms with Gasteiger partial charge in [-0.3, -0.25) is 15.0 Å². The molecule has 6 nitrogen and oxygen atoms in total. The number of H-pyrrole nitrogens is 1. The van der Waals surface area contributed by atoms with Gasteiger partial charge in [0, 0.05) is 61.3 Å². The molecule has 138 valence electrons. The zero-order chi connectivity index (χ0) is 18.8. The number of fused-ring (bicyclic) bond motifs is 1. The number of hydrogen-bond donors (Lipinski definition) is 1. The lowest BCUT2D eigenvalue weighted by Gasteiger charge is -2.28. The molecule has 0 atom stereocenters. The number of benzene rings is 1. The number of nitrogens with one attached hydrogen (secondary N) is 1. The van der Waals surface area contributed by atoms with Gasteiger partial charge in [0.2, 0.25) is 0 Å². The number of aromatic amines is 1. The highest BCUT2D eigenvalue weighted by molar-refractivity contribution is 5.62. The van der Waals surface area contributed by atoms with Crippen molar-refractivity contribution in [2.75, 3.05) is 6.54 Å². The van der Waals surface area contributed by atoms with Gasteiger partial charge in [-0.15, -0.1) is 0 Å². The third kappa shape index (κ3) is 3.30. The molecule has 0 fully saturated rings. The van der Waals surface area contributed by atoms with Crippen LogP contribution in [0.2, 0.25) is 0 Å². The van der Waals surface area contributed by atoms with Gasteiger partial charge in [-0.05, 0) is 17.7 Å². The predicted octanol–water partition coefficient (Wildman–Crippen LogP) is 3.49. The molecule has 6 heteroatoms. The van der Waals surface area contributed by atoms with Gasteiger partial charge in [-0.1, -0.05) is 30.3 Å². The summed E-state index contributed by atoms with van der Waals surface area (Å²) in [6, 6.07) is 14.2. The quantitative estimate of drug-likeness (QED) is 0.597. The molecule has 0 radical (unpaired) electrons. The Morgan fingerprint density at radius 1 is 0.964 bits per heavy atom. The summed E-state index contributed by atoms with van der Waals surface area (Å²) in [5, 5.41) is 7.42. The van der Waals surface area contributed by atoms with E-state index in [-0.39, 0.29) is 0 Å². The summed E-state index contributed by atoms with van der Waals surface area (Å²) in [5.41, 5.74) is 6.82.